The number of carbonyl (C=O) groups excluding carboxylic acids is 1. The van der Waals surface area contributed by atoms with Crippen molar-refractivity contribution in [3.05, 3.63) is 24.5 Å². The van der Waals surface area contributed by atoms with Crippen LogP contribution in [0.2, 0.25) is 0 Å². The Morgan fingerprint density at radius 1 is 1.17 bits per heavy atom. The van der Waals surface area contributed by atoms with Gasteiger partial charge >= 0.3 is 0 Å². The quantitative estimate of drug-likeness (QED) is 0.364. The minimum Gasteiger partial charge on any atom is -0.355 e. The molecule has 1 aromatic rings. The van der Waals surface area contributed by atoms with Crippen LogP contribution in [0.25, 0.3) is 0 Å². The first-order valence-corrected chi connectivity index (χ1v) is 8.12. The Balaban J connectivity index is 0.00000264. The average molecular weight is 433 g/mol. The summed E-state index contributed by atoms with van der Waals surface area (Å²) in [4.78, 5) is 16.1. The fourth-order valence-corrected chi connectivity index (χ4v) is 2.73. The fraction of sp³-hybridized carbons (Fsp3) is 0.625. The largest absolute Gasteiger partial charge is 0.355 e. The van der Waals surface area contributed by atoms with Crippen molar-refractivity contribution in [1.29, 1.82) is 0 Å². The Morgan fingerprint density at radius 3 is 2.52 bits per heavy atom. The van der Waals surface area contributed by atoms with Crippen molar-refractivity contribution in [3.8, 4) is 0 Å². The third-order valence-corrected chi connectivity index (χ3v) is 3.94. The monoisotopic (exact) mass is 433 g/mol. The molecule has 1 fully saturated rings. The highest BCUT2D eigenvalue weighted by Crippen LogP contribution is 2.16. The molecule has 1 saturated carbocycles. The minimum absolute atomic E-state index is 0. The van der Waals surface area contributed by atoms with E-state index in [1.165, 1.54) is 19.3 Å². The number of hydrogen-bond donors (Lipinski definition) is 3. The molecular weight excluding hydrogens is 405 g/mol. The van der Waals surface area contributed by atoms with Gasteiger partial charge in [0.1, 0.15) is 0 Å². The summed E-state index contributed by atoms with van der Waals surface area (Å²) in [6.07, 6.45) is 10.0. The van der Waals surface area contributed by atoms with Gasteiger partial charge in [-0.1, -0.05) is 19.3 Å². The summed E-state index contributed by atoms with van der Waals surface area (Å²) in [7, 11) is 1.71. The summed E-state index contributed by atoms with van der Waals surface area (Å²) >= 11 is 0. The fourth-order valence-electron chi connectivity index (χ4n) is 2.73. The number of hydrogen-bond acceptors (Lipinski definition) is 2. The number of amides is 1. The van der Waals surface area contributed by atoms with Crippen molar-refractivity contribution in [1.82, 2.24) is 20.5 Å². The third-order valence-electron chi connectivity index (χ3n) is 3.94. The zero-order chi connectivity index (χ0) is 15.6. The maximum Gasteiger partial charge on any atom is 0.239 e. The third kappa shape index (κ3) is 7.71. The molecule has 0 saturated heterocycles. The Labute approximate surface area is 155 Å². The van der Waals surface area contributed by atoms with Gasteiger partial charge in [-0.25, -0.2) is 0 Å². The van der Waals surface area contributed by atoms with Gasteiger partial charge in [0.05, 0.1) is 6.54 Å². The number of carbonyl (C=O) groups is 1. The van der Waals surface area contributed by atoms with Crippen molar-refractivity contribution < 1.29 is 4.79 Å². The van der Waals surface area contributed by atoms with Gasteiger partial charge in [-0.3, -0.25) is 9.79 Å². The average Bonchev–Trinajstić information content (AvgIpc) is 3.05. The summed E-state index contributed by atoms with van der Waals surface area (Å²) in [5.74, 6) is 0.700. The van der Waals surface area contributed by atoms with Crippen LogP contribution in [0.5, 0.6) is 0 Å². The molecule has 0 unspecified atom stereocenters. The molecule has 0 radical (unpaired) electrons. The molecule has 0 aliphatic heterocycles. The van der Waals surface area contributed by atoms with E-state index >= 15 is 0 Å². The van der Waals surface area contributed by atoms with E-state index in [-0.39, 0.29) is 36.4 Å². The van der Waals surface area contributed by atoms with E-state index in [0.29, 0.717) is 12.0 Å². The predicted octanol–water partition coefficient (Wildman–Crippen LogP) is 1.72. The van der Waals surface area contributed by atoms with Crippen molar-refractivity contribution in [2.75, 3.05) is 20.1 Å². The number of nitrogens with zero attached hydrogens (tertiary/aromatic N) is 2. The van der Waals surface area contributed by atoms with Crippen LogP contribution in [0.1, 0.15) is 32.1 Å². The van der Waals surface area contributed by atoms with E-state index in [4.69, 9.17) is 0 Å². The molecule has 0 spiro atoms. The molecule has 2 rings (SSSR count). The molecule has 6 nitrogen and oxygen atoms in total. The first-order chi connectivity index (χ1) is 10.8. The first kappa shape index (κ1) is 19.8. The van der Waals surface area contributed by atoms with E-state index in [1.54, 1.807) is 7.05 Å². The zero-order valence-corrected chi connectivity index (χ0v) is 16.1. The maximum absolute atomic E-state index is 11.9. The highest BCUT2D eigenvalue weighted by atomic mass is 127. The van der Waals surface area contributed by atoms with Gasteiger partial charge in [-0.15, -0.1) is 24.0 Å². The highest BCUT2D eigenvalue weighted by molar-refractivity contribution is 14.0. The summed E-state index contributed by atoms with van der Waals surface area (Å²) in [6, 6.07) is 4.36. The molecule has 1 aliphatic rings. The second-order valence-corrected chi connectivity index (χ2v) is 5.68. The molecule has 0 aromatic carbocycles. The Kier molecular flexibility index (Phi) is 9.74. The Morgan fingerprint density at radius 2 is 1.87 bits per heavy atom. The molecule has 1 aliphatic carbocycles. The number of aromatic nitrogens is 1. The molecule has 23 heavy (non-hydrogen) atoms. The van der Waals surface area contributed by atoms with Crippen LogP contribution < -0.4 is 16.0 Å². The Bertz CT molecular complexity index is 469. The predicted molar refractivity (Wildman–Crippen MR) is 104 cm³/mol. The molecule has 0 atom stereocenters. The van der Waals surface area contributed by atoms with Gasteiger partial charge in [-0.05, 0) is 25.0 Å². The zero-order valence-electron chi connectivity index (χ0n) is 13.8. The lowest BCUT2D eigenvalue weighted by molar-refractivity contribution is -0.120. The molecule has 7 heteroatoms. The number of aliphatic imine (C=N–C) groups is 1. The molecule has 1 heterocycles. The van der Waals surface area contributed by atoms with E-state index in [9.17, 15) is 4.79 Å². The molecule has 130 valence electrons. The summed E-state index contributed by atoms with van der Waals surface area (Å²) in [6.45, 7) is 1.89. The number of rotatable bonds is 6. The van der Waals surface area contributed by atoms with Crippen LogP contribution >= 0.6 is 24.0 Å². The van der Waals surface area contributed by atoms with Crippen molar-refractivity contribution in [2.24, 2.45) is 4.99 Å². The van der Waals surface area contributed by atoms with E-state index in [2.05, 4.69) is 25.5 Å². The van der Waals surface area contributed by atoms with E-state index in [1.807, 2.05) is 24.5 Å². The summed E-state index contributed by atoms with van der Waals surface area (Å²) in [5, 5.41) is 9.35. The second-order valence-electron chi connectivity index (χ2n) is 5.68. The topological polar surface area (TPSA) is 70.5 Å². The van der Waals surface area contributed by atoms with Crippen LogP contribution in [-0.4, -0.2) is 42.6 Å². The lowest BCUT2D eigenvalue weighted by atomic mass is 9.95. The number of guanidine groups is 1. The Hall–Kier alpha value is -1.25. The normalized spacial score (nSPS) is 15.6. The second kappa shape index (κ2) is 11.3. The van der Waals surface area contributed by atoms with Crippen LogP contribution in [0.3, 0.4) is 0 Å². The van der Waals surface area contributed by atoms with Gasteiger partial charge in [-0.2, -0.15) is 0 Å². The first-order valence-electron chi connectivity index (χ1n) is 8.12. The molecular formula is C16H28IN5O. The van der Waals surface area contributed by atoms with Crippen molar-refractivity contribution in [3.63, 3.8) is 0 Å². The molecule has 1 amide bonds. The van der Waals surface area contributed by atoms with E-state index < -0.39 is 0 Å². The smallest absolute Gasteiger partial charge is 0.239 e. The lowest BCUT2D eigenvalue weighted by Gasteiger charge is -2.23. The van der Waals surface area contributed by atoms with Crippen LogP contribution in [-0.2, 0) is 11.3 Å². The van der Waals surface area contributed by atoms with E-state index in [0.717, 1.165) is 25.9 Å². The molecule has 1 aromatic heterocycles. The van der Waals surface area contributed by atoms with Crippen LogP contribution in [0.4, 0.5) is 0 Å². The molecule has 3 N–H and O–H groups in total. The summed E-state index contributed by atoms with van der Waals surface area (Å²) < 4.78 is 2.09. The lowest BCUT2D eigenvalue weighted by Crippen LogP contribution is -2.46. The highest BCUT2D eigenvalue weighted by Gasteiger charge is 2.15. The summed E-state index contributed by atoms with van der Waals surface area (Å²) in [5.41, 5.74) is 0. The van der Waals surface area contributed by atoms with Gasteiger partial charge < -0.3 is 20.5 Å². The van der Waals surface area contributed by atoms with Gasteiger partial charge in [0, 0.05) is 38.6 Å². The number of halogens is 1. The van der Waals surface area contributed by atoms with Crippen molar-refractivity contribution >= 4 is 35.8 Å². The van der Waals surface area contributed by atoms with Crippen LogP contribution in [0.15, 0.2) is 29.5 Å². The minimum atomic E-state index is 0. The van der Waals surface area contributed by atoms with Gasteiger partial charge in [0.25, 0.3) is 0 Å². The maximum atomic E-state index is 11.9. The van der Waals surface area contributed by atoms with Crippen molar-refractivity contribution in [2.45, 2.75) is 44.7 Å². The standard InChI is InChI=1S/C16H27N5O.HI/c1-17-16(18-9-12-21-10-5-6-11-21)19-13-15(22)20-14-7-3-2-4-8-14;/h5-6,10-11,14H,2-4,7-9,12-13H2,1H3,(H,20,22)(H2,17,18,19);1H. The van der Waals surface area contributed by atoms with Gasteiger partial charge in [0.2, 0.25) is 5.91 Å². The number of nitrogens with one attached hydrogen (secondary N) is 3. The molecule has 0 bridgehead atoms. The van der Waals surface area contributed by atoms with Gasteiger partial charge in [0.15, 0.2) is 5.96 Å². The SMILES string of the molecule is CN=C(NCCn1cccc1)NCC(=O)NC1CCCCC1.I. The van der Waals surface area contributed by atoms with Crippen LogP contribution in [0, 0.1) is 0 Å².